The van der Waals surface area contributed by atoms with Crippen molar-refractivity contribution in [1.29, 1.82) is 0 Å². The molecule has 2 aromatic carbocycles. The highest BCUT2D eigenvalue weighted by molar-refractivity contribution is 6.35. The van der Waals surface area contributed by atoms with Gasteiger partial charge in [-0.3, -0.25) is 19.0 Å². The zero-order chi connectivity index (χ0) is 28.0. The summed E-state index contributed by atoms with van der Waals surface area (Å²) in [6, 6.07) is 13.0. The van der Waals surface area contributed by atoms with E-state index in [-0.39, 0.29) is 17.3 Å². The van der Waals surface area contributed by atoms with E-state index in [1.54, 1.807) is 30.3 Å². The van der Waals surface area contributed by atoms with Crippen LogP contribution in [0.3, 0.4) is 0 Å². The minimum atomic E-state index is -1.18. The summed E-state index contributed by atoms with van der Waals surface area (Å²) in [5.74, 6) is -3.09. The van der Waals surface area contributed by atoms with E-state index in [1.807, 2.05) is 0 Å². The van der Waals surface area contributed by atoms with Crippen LogP contribution < -0.4 is 21.7 Å². The predicted octanol–water partition coefficient (Wildman–Crippen LogP) is 2.31. The van der Waals surface area contributed by atoms with Crippen molar-refractivity contribution in [2.45, 2.75) is 26.1 Å². The van der Waals surface area contributed by atoms with Crippen LogP contribution in [0.4, 0.5) is 5.82 Å². The van der Waals surface area contributed by atoms with Crippen molar-refractivity contribution in [2.75, 3.05) is 19.5 Å². The molecule has 0 unspecified atom stereocenters. The lowest BCUT2D eigenvalue weighted by Crippen LogP contribution is -2.46. The maximum absolute atomic E-state index is 13.0. The Hall–Kier alpha value is -4.09. The molecule has 200 valence electrons. The summed E-state index contributed by atoms with van der Waals surface area (Å²) in [5, 5.41) is 0.528. The lowest BCUT2D eigenvalue weighted by Gasteiger charge is -2.17. The number of nitrogens with zero attached hydrogens (tertiary/aromatic N) is 2. The van der Waals surface area contributed by atoms with Gasteiger partial charge in [0.1, 0.15) is 23.7 Å². The minimum absolute atomic E-state index is 0.0975. The van der Waals surface area contributed by atoms with Crippen LogP contribution in [0.5, 0.6) is 5.75 Å². The van der Waals surface area contributed by atoms with Gasteiger partial charge in [0.05, 0.1) is 18.7 Å². The van der Waals surface area contributed by atoms with Crippen LogP contribution in [-0.2, 0) is 32.2 Å². The molecule has 1 heterocycles. The Labute approximate surface area is 226 Å². The Morgan fingerprint density at radius 1 is 1.03 bits per heavy atom. The van der Waals surface area contributed by atoms with E-state index >= 15 is 0 Å². The first-order valence-corrected chi connectivity index (χ1v) is 11.8. The summed E-state index contributed by atoms with van der Waals surface area (Å²) < 4.78 is 16.6. The molecule has 0 saturated heterocycles. The van der Waals surface area contributed by atoms with Gasteiger partial charge in [0.15, 0.2) is 12.7 Å². The van der Waals surface area contributed by atoms with Gasteiger partial charge in [-0.25, -0.2) is 14.2 Å². The summed E-state index contributed by atoms with van der Waals surface area (Å²) in [6.45, 7) is -0.368. The number of esters is 2. The van der Waals surface area contributed by atoms with Gasteiger partial charge in [-0.05, 0) is 30.7 Å². The second kappa shape index (κ2) is 12.4. The Kier molecular flexibility index (Phi) is 9.32. The standard InChI is InChI=1S/C25H23Cl2N3O8/c1-14(38-19-9-8-16(26)10-17(19)27)24(34)37-13-18(31)21-22(28)29(11-15-6-4-3-5-7-15)25(35)30(23(21)33)12-20(32)36-2/h3-10,14H,11-13,28H2,1-2H3/t14-/m1/s1. The first kappa shape index (κ1) is 28.5. The van der Waals surface area contributed by atoms with E-state index in [0.717, 1.165) is 11.7 Å². The van der Waals surface area contributed by atoms with Crippen LogP contribution in [0, 0.1) is 0 Å². The maximum Gasteiger partial charge on any atom is 0.347 e. The molecular weight excluding hydrogens is 541 g/mol. The zero-order valence-electron chi connectivity index (χ0n) is 20.3. The van der Waals surface area contributed by atoms with Crippen molar-refractivity contribution >= 4 is 46.7 Å². The number of hydrogen-bond acceptors (Lipinski definition) is 9. The van der Waals surface area contributed by atoms with Crippen LogP contribution in [0.2, 0.25) is 10.0 Å². The number of nitrogen functional groups attached to an aromatic ring is 1. The molecular formula is C25H23Cl2N3O8. The first-order valence-electron chi connectivity index (χ1n) is 11.1. The molecule has 3 rings (SSSR count). The number of ketones is 1. The molecule has 1 atom stereocenters. The number of rotatable bonds is 10. The SMILES string of the molecule is COC(=O)Cn1c(=O)c(C(=O)COC(=O)[C@@H](C)Oc2ccc(Cl)cc2Cl)c(N)n(Cc2ccccc2)c1=O. The van der Waals surface area contributed by atoms with Gasteiger partial charge in [-0.15, -0.1) is 0 Å². The van der Waals surface area contributed by atoms with Crippen LogP contribution in [0.25, 0.3) is 0 Å². The molecule has 38 heavy (non-hydrogen) atoms. The number of anilines is 1. The van der Waals surface area contributed by atoms with Crippen LogP contribution in [-0.4, -0.2) is 46.7 Å². The number of methoxy groups -OCH3 is 1. The molecule has 13 heteroatoms. The predicted molar refractivity (Wildman–Crippen MR) is 139 cm³/mol. The normalized spacial score (nSPS) is 11.5. The minimum Gasteiger partial charge on any atom is -0.477 e. The smallest absolute Gasteiger partial charge is 0.347 e. The fraction of sp³-hybridized carbons (Fsp3) is 0.240. The van der Waals surface area contributed by atoms with Gasteiger partial charge >= 0.3 is 17.6 Å². The summed E-state index contributed by atoms with van der Waals surface area (Å²) >= 11 is 11.9. The molecule has 0 saturated carbocycles. The molecule has 2 N–H and O–H groups in total. The number of carbonyl (C=O) groups excluding carboxylic acids is 3. The van der Waals surface area contributed by atoms with E-state index in [0.29, 0.717) is 15.2 Å². The molecule has 0 aliphatic carbocycles. The third-order valence-electron chi connectivity index (χ3n) is 5.32. The number of nitrogens with two attached hydrogens (primary N) is 1. The number of ether oxygens (including phenoxy) is 3. The fourth-order valence-corrected chi connectivity index (χ4v) is 3.82. The molecule has 0 aliphatic rings. The number of hydrogen-bond donors (Lipinski definition) is 1. The molecule has 11 nitrogen and oxygen atoms in total. The van der Waals surface area contributed by atoms with Gasteiger partial charge in [0.2, 0.25) is 5.78 Å². The van der Waals surface area contributed by atoms with Gasteiger partial charge in [0, 0.05) is 5.02 Å². The van der Waals surface area contributed by atoms with Crippen molar-refractivity contribution in [3.63, 3.8) is 0 Å². The third-order valence-corrected chi connectivity index (χ3v) is 5.85. The van der Waals surface area contributed by atoms with E-state index in [1.165, 1.54) is 25.1 Å². The van der Waals surface area contributed by atoms with Gasteiger partial charge in [0.25, 0.3) is 5.56 Å². The molecule has 0 amide bonds. The quantitative estimate of drug-likeness (QED) is 0.289. The Morgan fingerprint density at radius 3 is 2.34 bits per heavy atom. The highest BCUT2D eigenvalue weighted by atomic mass is 35.5. The van der Waals surface area contributed by atoms with Gasteiger partial charge in [-0.1, -0.05) is 53.5 Å². The molecule has 3 aromatic rings. The monoisotopic (exact) mass is 563 g/mol. The van der Waals surface area contributed by atoms with Crippen molar-refractivity contribution < 1.29 is 28.6 Å². The van der Waals surface area contributed by atoms with Crippen LogP contribution in [0.15, 0.2) is 58.1 Å². The van der Waals surface area contributed by atoms with Gasteiger partial charge < -0.3 is 19.9 Å². The van der Waals surface area contributed by atoms with Crippen molar-refractivity contribution in [2.24, 2.45) is 0 Å². The third kappa shape index (κ3) is 6.61. The zero-order valence-corrected chi connectivity index (χ0v) is 21.8. The summed E-state index contributed by atoms with van der Waals surface area (Å²) in [6.07, 6.45) is -1.18. The lowest BCUT2D eigenvalue weighted by atomic mass is 10.1. The topological polar surface area (TPSA) is 149 Å². The summed E-state index contributed by atoms with van der Waals surface area (Å²) in [5.41, 5.74) is 4.06. The fourth-order valence-electron chi connectivity index (χ4n) is 3.36. The Morgan fingerprint density at radius 2 is 1.71 bits per heavy atom. The molecule has 0 fully saturated rings. The Bertz CT molecular complexity index is 1480. The number of benzene rings is 2. The highest BCUT2D eigenvalue weighted by Crippen LogP contribution is 2.28. The first-order chi connectivity index (χ1) is 18.0. The highest BCUT2D eigenvalue weighted by Gasteiger charge is 2.26. The van der Waals surface area contributed by atoms with Crippen LogP contribution in [0.1, 0.15) is 22.8 Å². The maximum atomic E-state index is 13.0. The van der Waals surface area contributed by atoms with Crippen molar-refractivity contribution in [3.8, 4) is 5.75 Å². The van der Waals surface area contributed by atoms with Crippen LogP contribution >= 0.6 is 23.2 Å². The van der Waals surface area contributed by atoms with E-state index in [9.17, 15) is 24.0 Å². The second-order valence-corrected chi connectivity index (χ2v) is 8.79. The Balaban J connectivity index is 1.87. The van der Waals surface area contributed by atoms with Crippen molar-refractivity contribution in [1.82, 2.24) is 9.13 Å². The van der Waals surface area contributed by atoms with E-state index in [2.05, 4.69) is 4.74 Å². The summed E-state index contributed by atoms with van der Waals surface area (Å²) in [4.78, 5) is 63.4. The largest absolute Gasteiger partial charge is 0.477 e. The molecule has 0 bridgehead atoms. The lowest BCUT2D eigenvalue weighted by molar-refractivity contribution is -0.149. The average molecular weight is 564 g/mol. The van der Waals surface area contributed by atoms with E-state index < -0.39 is 59.6 Å². The molecule has 1 aromatic heterocycles. The summed E-state index contributed by atoms with van der Waals surface area (Å²) in [7, 11) is 1.08. The number of halogens is 2. The molecule has 0 spiro atoms. The number of Topliss-reactive ketones (excluding diaryl/α,β-unsaturated/α-hetero) is 1. The van der Waals surface area contributed by atoms with Crippen molar-refractivity contribution in [3.05, 3.63) is 90.5 Å². The molecule has 0 aliphatic heterocycles. The van der Waals surface area contributed by atoms with Gasteiger partial charge in [-0.2, -0.15) is 0 Å². The second-order valence-electron chi connectivity index (χ2n) is 7.95. The average Bonchev–Trinajstić information content (AvgIpc) is 2.89. The number of aromatic nitrogens is 2. The van der Waals surface area contributed by atoms with E-state index in [4.69, 9.17) is 38.4 Å². The number of carbonyl (C=O) groups is 3. The molecule has 0 radical (unpaired) electrons.